The molecule has 0 unspecified atom stereocenters. The average molecular weight is 316 g/mol. The molecule has 0 atom stereocenters. The van der Waals surface area contributed by atoms with Gasteiger partial charge in [0.05, 0.1) is 0 Å². The Balaban J connectivity index is 2.75. The Morgan fingerprint density at radius 1 is 1.14 bits per heavy atom. The van der Waals surface area contributed by atoms with E-state index in [0.717, 1.165) is 0 Å². The van der Waals surface area contributed by atoms with Gasteiger partial charge in [-0.15, -0.1) is 11.3 Å². The number of hydrogen-bond acceptors (Lipinski definition) is 1. The van der Waals surface area contributed by atoms with Crippen molar-refractivity contribution in [1.82, 2.24) is 0 Å². The lowest BCUT2D eigenvalue weighted by Crippen LogP contribution is -2.09. The fraction of sp³-hybridized carbons (Fsp3) is 0.333. The third-order valence-electron chi connectivity index (χ3n) is 2.22. The van der Waals surface area contributed by atoms with Gasteiger partial charge < -0.3 is 0 Å². The molecule has 0 aliphatic carbocycles. The van der Waals surface area contributed by atoms with Gasteiger partial charge in [0.2, 0.25) is 0 Å². The predicted octanol–water partition coefficient (Wildman–Crippen LogP) is 4.80. The summed E-state index contributed by atoms with van der Waals surface area (Å²) in [4.78, 5) is 1.50. The third kappa shape index (κ3) is 1.70. The summed E-state index contributed by atoms with van der Waals surface area (Å²) in [7, 11) is 0. The fourth-order valence-electron chi connectivity index (χ4n) is 1.50. The van der Waals surface area contributed by atoms with Crippen LogP contribution in [0.15, 0.2) is 24.3 Å². The summed E-state index contributed by atoms with van der Waals surface area (Å²) >= 11 is 4.39. The van der Waals surface area contributed by atoms with Crippen molar-refractivity contribution in [3.63, 3.8) is 0 Å². The molecule has 2 aromatic rings. The molecule has 0 aliphatic rings. The van der Waals surface area contributed by atoms with Crippen LogP contribution in [-0.2, 0) is 5.41 Å². The molecule has 0 N–H and O–H groups in total. The molecule has 2 heteroatoms. The smallest absolute Gasteiger partial charge is 0.0356 e. The van der Waals surface area contributed by atoms with Gasteiger partial charge in [0.25, 0.3) is 0 Å². The SMILES string of the molecule is CC(C)(C)c1sc2ccccc2c1I. The topological polar surface area (TPSA) is 0 Å². The van der Waals surface area contributed by atoms with Gasteiger partial charge in [-0.1, -0.05) is 39.0 Å². The van der Waals surface area contributed by atoms with Gasteiger partial charge in [-0.25, -0.2) is 0 Å². The van der Waals surface area contributed by atoms with Crippen LogP contribution in [-0.4, -0.2) is 0 Å². The van der Waals surface area contributed by atoms with Crippen LogP contribution in [0, 0.1) is 3.57 Å². The molecule has 0 nitrogen and oxygen atoms in total. The third-order valence-corrected chi connectivity index (χ3v) is 5.30. The van der Waals surface area contributed by atoms with Crippen molar-refractivity contribution in [1.29, 1.82) is 0 Å². The predicted molar refractivity (Wildman–Crippen MR) is 73.2 cm³/mol. The molecular formula is C12H13IS. The summed E-state index contributed by atoms with van der Waals surface area (Å²) in [6.45, 7) is 6.83. The summed E-state index contributed by atoms with van der Waals surface area (Å²) in [5.74, 6) is 0. The van der Waals surface area contributed by atoms with Crippen LogP contribution < -0.4 is 0 Å². The molecule has 0 saturated carbocycles. The Hall–Kier alpha value is -0.0900. The van der Waals surface area contributed by atoms with E-state index in [1.807, 2.05) is 11.3 Å². The van der Waals surface area contributed by atoms with E-state index in [1.54, 1.807) is 0 Å². The molecule has 0 aliphatic heterocycles. The molecule has 14 heavy (non-hydrogen) atoms. The zero-order valence-corrected chi connectivity index (χ0v) is 11.6. The van der Waals surface area contributed by atoms with E-state index in [1.165, 1.54) is 18.5 Å². The second-order valence-corrected chi connectivity index (χ2v) is 6.62. The highest BCUT2D eigenvalue weighted by molar-refractivity contribution is 14.1. The first-order chi connectivity index (χ1) is 6.50. The lowest BCUT2D eigenvalue weighted by atomic mass is 9.94. The van der Waals surface area contributed by atoms with Gasteiger partial charge in [-0.2, -0.15) is 0 Å². The monoisotopic (exact) mass is 316 g/mol. The maximum absolute atomic E-state index is 2.47. The highest BCUT2D eigenvalue weighted by atomic mass is 127. The Kier molecular flexibility index (Phi) is 2.60. The Labute approximate surface area is 102 Å². The number of fused-ring (bicyclic) bond motifs is 1. The summed E-state index contributed by atoms with van der Waals surface area (Å²) in [5.41, 5.74) is 0.264. The molecule has 0 spiro atoms. The first kappa shape index (κ1) is 10.4. The van der Waals surface area contributed by atoms with Crippen LogP contribution in [0.1, 0.15) is 25.6 Å². The summed E-state index contributed by atoms with van der Waals surface area (Å²) < 4.78 is 2.83. The molecule has 0 radical (unpaired) electrons. The van der Waals surface area contributed by atoms with Gasteiger partial charge >= 0.3 is 0 Å². The molecule has 74 valence electrons. The maximum Gasteiger partial charge on any atom is 0.0356 e. The van der Waals surface area contributed by atoms with E-state index < -0.39 is 0 Å². The zero-order chi connectivity index (χ0) is 10.3. The second kappa shape index (κ2) is 3.49. The number of rotatable bonds is 0. The maximum atomic E-state index is 2.47. The highest BCUT2D eigenvalue weighted by Crippen LogP contribution is 2.39. The van der Waals surface area contributed by atoms with Gasteiger partial charge in [-0.05, 0) is 34.1 Å². The van der Waals surface area contributed by atoms with Crippen LogP contribution in [0.3, 0.4) is 0 Å². The first-order valence-electron chi connectivity index (χ1n) is 4.67. The summed E-state index contributed by atoms with van der Waals surface area (Å²) in [5, 5.41) is 1.41. The lowest BCUT2D eigenvalue weighted by molar-refractivity contribution is 0.601. The van der Waals surface area contributed by atoms with E-state index in [9.17, 15) is 0 Å². The van der Waals surface area contributed by atoms with E-state index in [2.05, 4.69) is 67.6 Å². The van der Waals surface area contributed by atoms with Gasteiger partial charge in [0.1, 0.15) is 0 Å². The Bertz CT molecular complexity index is 463. The number of hydrogen-bond donors (Lipinski definition) is 0. The van der Waals surface area contributed by atoms with E-state index >= 15 is 0 Å². The quantitative estimate of drug-likeness (QED) is 0.612. The molecule has 2 rings (SSSR count). The van der Waals surface area contributed by atoms with Crippen LogP contribution >= 0.6 is 33.9 Å². The largest absolute Gasteiger partial charge is 0.139 e. The molecule has 1 aromatic heterocycles. The van der Waals surface area contributed by atoms with Crippen molar-refractivity contribution in [3.05, 3.63) is 32.7 Å². The fourth-order valence-corrected chi connectivity index (χ4v) is 4.44. The lowest BCUT2D eigenvalue weighted by Gasteiger charge is -2.16. The highest BCUT2D eigenvalue weighted by Gasteiger charge is 2.21. The number of benzene rings is 1. The van der Waals surface area contributed by atoms with Crippen molar-refractivity contribution in [2.45, 2.75) is 26.2 Å². The molecule has 0 fully saturated rings. The molecule has 0 saturated heterocycles. The zero-order valence-electron chi connectivity index (χ0n) is 8.60. The minimum Gasteiger partial charge on any atom is -0.139 e. The Morgan fingerprint density at radius 2 is 1.79 bits per heavy atom. The minimum atomic E-state index is 0.264. The summed E-state index contributed by atoms with van der Waals surface area (Å²) in [6.07, 6.45) is 0. The van der Waals surface area contributed by atoms with Crippen molar-refractivity contribution in [3.8, 4) is 0 Å². The number of thiophene rings is 1. The number of halogens is 1. The van der Waals surface area contributed by atoms with Crippen LogP contribution in [0.5, 0.6) is 0 Å². The van der Waals surface area contributed by atoms with Crippen molar-refractivity contribution in [2.75, 3.05) is 0 Å². The molecule has 1 heterocycles. The van der Waals surface area contributed by atoms with Crippen LogP contribution in [0.25, 0.3) is 10.1 Å². The standard InChI is InChI=1S/C12H13IS/c1-12(2,3)11-10(13)8-6-4-5-7-9(8)14-11/h4-7H,1-3H3. The second-order valence-electron chi connectivity index (χ2n) is 4.49. The van der Waals surface area contributed by atoms with Gasteiger partial charge in [0.15, 0.2) is 0 Å². The van der Waals surface area contributed by atoms with E-state index in [0.29, 0.717) is 0 Å². The van der Waals surface area contributed by atoms with Crippen molar-refractivity contribution < 1.29 is 0 Å². The van der Waals surface area contributed by atoms with Gasteiger partial charge in [-0.3, -0.25) is 0 Å². The van der Waals surface area contributed by atoms with Crippen molar-refractivity contribution in [2.24, 2.45) is 0 Å². The van der Waals surface area contributed by atoms with Crippen LogP contribution in [0.4, 0.5) is 0 Å². The molecule has 0 amide bonds. The minimum absolute atomic E-state index is 0.264. The molecular weight excluding hydrogens is 303 g/mol. The van der Waals surface area contributed by atoms with E-state index in [4.69, 9.17) is 0 Å². The van der Waals surface area contributed by atoms with Crippen molar-refractivity contribution >= 4 is 44.0 Å². The average Bonchev–Trinajstić information content (AvgIpc) is 2.44. The Morgan fingerprint density at radius 3 is 2.36 bits per heavy atom. The van der Waals surface area contributed by atoms with E-state index in [-0.39, 0.29) is 5.41 Å². The van der Waals surface area contributed by atoms with Gasteiger partial charge in [0, 0.05) is 18.5 Å². The molecule has 1 aromatic carbocycles. The normalized spacial score (nSPS) is 12.3. The molecule has 0 bridgehead atoms. The summed E-state index contributed by atoms with van der Waals surface area (Å²) in [6, 6.07) is 8.64. The first-order valence-corrected chi connectivity index (χ1v) is 6.57. The van der Waals surface area contributed by atoms with Crippen LogP contribution in [0.2, 0.25) is 0 Å².